The number of hydrogen-bond acceptors (Lipinski definition) is 5. The van der Waals surface area contributed by atoms with Gasteiger partial charge >= 0.3 is 12.1 Å². The first-order valence-electron chi connectivity index (χ1n) is 5.62. The van der Waals surface area contributed by atoms with Crippen molar-refractivity contribution in [3.8, 4) is 0 Å². The fourth-order valence-corrected chi connectivity index (χ4v) is 1.08. The van der Waals surface area contributed by atoms with Crippen molar-refractivity contribution in [3.05, 3.63) is 0 Å². The number of ether oxygens (including phenoxy) is 2. The first kappa shape index (κ1) is 16.2. The Balaban J connectivity index is 4.62. The van der Waals surface area contributed by atoms with Crippen molar-refractivity contribution < 1.29 is 19.1 Å². The second kappa shape index (κ2) is 6.83. The maximum atomic E-state index is 11.8. The fourth-order valence-electron chi connectivity index (χ4n) is 1.08. The van der Waals surface area contributed by atoms with Gasteiger partial charge in [-0.3, -0.25) is 15.1 Å². The molecule has 0 spiro atoms. The molecule has 104 valence electrons. The van der Waals surface area contributed by atoms with E-state index in [1.54, 1.807) is 27.7 Å². The van der Waals surface area contributed by atoms with Crippen LogP contribution in [0.15, 0.2) is 0 Å². The normalized spacial score (nSPS) is 10.7. The summed E-state index contributed by atoms with van der Waals surface area (Å²) in [5, 5.41) is 7.17. The second-order valence-corrected chi connectivity index (χ2v) is 4.67. The standard InChI is InChI=1S/C11H21N3O4/c1-5-17-9(15)7-14(6-8(12)13)10(16)18-11(2,3)4/h5-7H2,1-4H3,(H3,12,13). The molecule has 0 unspecified atom stereocenters. The first-order chi connectivity index (χ1) is 8.15. The Hall–Kier alpha value is -1.79. The second-order valence-electron chi connectivity index (χ2n) is 4.67. The number of amidine groups is 1. The highest BCUT2D eigenvalue weighted by Gasteiger charge is 2.24. The molecule has 0 fully saturated rings. The lowest BCUT2D eigenvalue weighted by Crippen LogP contribution is -2.44. The van der Waals surface area contributed by atoms with Crippen LogP contribution < -0.4 is 5.73 Å². The van der Waals surface area contributed by atoms with Gasteiger partial charge in [-0.2, -0.15) is 0 Å². The minimum atomic E-state index is -0.703. The minimum absolute atomic E-state index is 0.173. The molecule has 7 nitrogen and oxygen atoms in total. The molecule has 0 aromatic carbocycles. The van der Waals surface area contributed by atoms with Crippen molar-refractivity contribution in [3.63, 3.8) is 0 Å². The van der Waals surface area contributed by atoms with E-state index in [9.17, 15) is 9.59 Å². The Morgan fingerprint density at radius 3 is 2.22 bits per heavy atom. The Labute approximate surface area is 107 Å². The van der Waals surface area contributed by atoms with Crippen LogP contribution in [0, 0.1) is 5.41 Å². The number of nitrogens with one attached hydrogen (secondary N) is 1. The lowest BCUT2D eigenvalue weighted by molar-refractivity contribution is -0.144. The van der Waals surface area contributed by atoms with Gasteiger partial charge in [-0.25, -0.2) is 4.79 Å². The highest BCUT2D eigenvalue weighted by molar-refractivity contribution is 5.85. The van der Waals surface area contributed by atoms with Gasteiger partial charge in [0.1, 0.15) is 18.0 Å². The molecule has 7 heteroatoms. The molecule has 0 aliphatic carbocycles. The van der Waals surface area contributed by atoms with Crippen molar-refractivity contribution >= 4 is 17.9 Å². The van der Waals surface area contributed by atoms with Crippen LogP contribution in [0.4, 0.5) is 4.79 Å². The smallest absolute Gasteiger partial charge is 0.411 e. The van der Waals surface area contributed by atoms with Crippen molar-refractivity contribution in [2.45, 2.75) is 33.3 Å². The Morgan fingerprint density at radius 1 is 1.28 bits per heavy atom. The molecule has 0 atom stereocenters. The fraction of sp³-hybridized carbons (Fsp3) is 0.727. The predicted octanol–water partition coefficient (Wildman–Crippen LogP) is 0.723. The molecular weight excluding hydrogens is 238 g/mol. The zero-order valence-electron chi connectivity index (χ0n) is 11.3. The average molecular weight is 259 g/mol. The number of rotatable bonds is 5. The first-order valence-corrected chi connectivity index (χ1v) is 5.62. The lowest BCUT2D eigenvalue weighted by Gasteiger charge is -2.26. The quantitative estimate of drug-likeness (QED) is 0.430. The maximum absolute atomic E-state index is 11.8. The highest BCUT2D eigenvalue weighted by atomic mass is 16.6. The van der Waals surface area contributed by atoms with Gasteiger partial charge in [0.15, 0.2) is 0 Å². The average Bonchev–Trinajstić information content (AvgIpc) is 2.13. The Morgan fingerprint density at radius 2 is 1.83 bits per heavy atom. The van der Waals surface area contributed by atoms with Gasteiger partial charge in [-0.05, 0) is 27.7 Å². The van der Waals surface area contributed by atoms with E-state index in [0.717, 1.165) is 4.90 Å². The largest absolute Gasteiger partial charge is 0.465 e. The van der Waals surface area contributed by atoms with Crippen LogP contribution in [0.1, 0.15) is 27.7 Å². The topological polar surface area (TPSA) is 106 Å². The molecule has 0 aromatic rings. The monoisotopic (exact) mass is 259 g/mol. The number of nitrogens with two attached hydrogens (primary N) is 1. The van der Waals surface area contributed by atoms with Gasteiger partial charge in [-0.15, -0.1) is 0 Å². The summed E-state index contributed by atoms with van der Waals surface area (Å²) < 4.78 is 9.84. The minimum Gasteiger partial charge on any atom is -0.465 e. The SMILES string of the molecule is CCOC(=O)CN(CC(=N)N)C(=O)OC(C)(C)C. The summed E-state index contributed by atoms with van der Waals surface area (Å²) in [6.45, 7) is 6.56. The lowest BCUT2D eigenvalue weighted by atomic mass is 10.2. The molecule has 0 saturated carbocycles. The van der Waals surface area contributed by atoms with Gasteiger partial charge in [0.05, 0.1) is 13.2 Å². The van der Waals surface area contributed by atoms with E-state index in [0.29, 0.717) is 0 Å². The van der Waals surface area contributed by atoms with Crippen LogP contribution in [0.25, 0.3) is 0 Å². The van der Waals surface area contributed by atoms with Gasteiger partial charge < -0.3 is 15.2 Å². The van der Waals surface area contributed by atoms with Crippen LogP contribution in [0.5, 0.6) is 0 Å². The molecule has 0 saturated heterocycles. The summed E-state index contributed by atoms with van der Waals surface area (Å²) in [4.78, 5) is 24.1. The molecular formula is C11H21N3O4. The molecule has 0 rings (SSSR count). The van der Waals surface area contributed by atoms with Crippen LogP contribution in [-0.4, -0.2) is 48.1 Å². The number of amides is 1. The van der Waals surface area contributed by atoms with Gasteiger partial charge in [-0.1, -0.05) is 0 Å². The van der Waals surface area contributed by atoms with Crippen molar-refractivity contribution in [2.24, 2.45) is 5.73 Å². The van der Waals surface area contributed by atoms with Crippen molar-refractivity contribution in [2.75, 3.05) is 19.7 Å². The van der Waals surface area contributed by atoms with Crippen molar-refractivity contribution in [1.29, 1.82) is 5.41 Å². The zero-order chi connectivity index (χ0) is 14.3. The Bertz CT molecular complexity index is 323. The Kier molecular flexibility index (Phi) is 6.15. The van der Waals surface area contributed by atoms with Gasteiger partial charge in [0, 0.05) is 0 Å². The molecule has 0 aromatic heterocycles. The summed E-state index contributed by atoms with van der Waals surface area (Å²) in [5.41, 5.74) is 4.55. The van der Waals surface area contributed by atoms with Crippen LogP contribution in [0.2, 0.25) is 0 Å². The molecule has 0 heterocycles. The van der Waals surface area contributed by atoms with Gasteiger partial charge in [0.2, 0.25) is 0 Å². The van der Waals surface area contributed by atoms with E-state index >= 15 is 0 Å². The van der Waals surface area contributed by atoms with Crippen LogP contribution >= 0.6 is 0 Å². The number of carbonyl (C=O) groups is 2. The van der Waals surface area contributed by atoms with E-state index in [1.807, 2.05) is 0 Å². The summed E-state index contributed by atoms with van der Waals surface area (Å²) >= 11 is 0. The van der Waals surface area contributed by atoms with Gasteiger partial charge in [0.25, 0.3) is 0 Å². The third kappa shape index (κ3) is 7.48. The van der Waals surface area contributed by atoms with E-state index in [1.165, 1.54) is 0 Å². The van der Waals surface area contributed by atoms with E-state index < -0.39 is 17.7 Å². The zero-order valence-corrected chi connectivity index (χ0v) is 11.3. The number of hydrogen-bond donors (Lipinski definition) is 2. The van der Waals surface area contributed by atoms with Crippen LogP contribution in [-0.2, 0) is 14.3 Å². The summed E-state index contributed by atoms with van der Waals surface area (Å²) in [6.07, 6.45) is -0.703. The molecule has 18 heavy (non-hydrogen) atoms. The molecule has 3 N–H and O–H groups in total. The third-order valence-corrected chi connectivity index (χ3v) is 1.64. The van der Waals surface area contributed by atoms with E-state index in [2.05, 4.69) is 0 Å². The number of esters is 1. The highest BCUT2D eigenvalue weighted by Crippen LogP contribution is 2.09. The van der Waals surface area contributed by atoms with Crippen LogP contribution in [0.3, 0.4) is 0 Å². The molecule has 0 radical (unpaired) electrons. The number of carbonyl (C=O) groups excluding carboxylic acids is 2. The molecule has 0 bridgehead atoms. The van der Waals surface area contributed by atoms with E-state index in [4.69, 9.17) is 20.6 Å². The molecule has 0 aliphatic heterocycles. The predicted molar refractivity (Wildman–Crippen MR) is 66.4 cm³/mol. The third-order valence-electron chi connectivity index (χ3n) is 1.64. The summed E-state index contributed by atoms with van der Waals surface area (Å²) in [7, 11) is 0. The maximum Gasteiger partial charge on any atom is 0.411 e. The summed E-state index contributed by atoms with van der Waals surface area (Å²) in [6, 6.07) is 0. The molecule has 0 aliphatic rings. The summed E-state index contributed by atoms with van der Waals surface area (Å²) in [5.74, 6) is -0.797. The van der Waals surface area contributed by atoms with E-state index in [-0.39, 0.29) is 25.5 Å². The van der Waals surface area contributed by atoms with Crippen molar-refractivity contribution in [1.82, 2.24) is 4.90 Å². The molecule has 1 amide bonds. The number of nitrogens with zero attached hydrogens (tertiary/aromatic N) is 1.